The Morgan fingerprint density at radius 1 is 1.04 bits per heavy atom. The number of para-hydroxylation sites is 1. The zero-order valence-corrected chi connectivity index (χ0v) is 12.1. The molecule has 0 aliphatic carbocycles. The Bertz CT molecular complexity index is 862. The molecule has 0 aromatic heterocycles. The zero-order valence-electron chi connectivity index (χ0n) is 12.1. The van der Waals surface area contributed by atoms with Gasteiger partial charge in [-0.15, -0.1) is 0 Å². The lowest BCUT2D eigenvalue weighted by atomic mass is 10.0. The van der Waals surface area contributed by atoms with Crippen LogP contribution in [0.1, 0.15) is 11.1 Å². The molecule has 1 aliphatic rings. The van der Waals surface area contributed by atoms with Crippen molar-refractivity contribution in [2.45, 2.75) is 0 Å². The molecule has 112 valence electrons. The van der Waals surface area contributed by atoms with Gasteiger partial charge in [-0.1, -0.05) is 42.5 Å². The first-order valence-corrected chi connectivity index (χ1v) is 6.90. The molecule has 3 rings (SSSR count). The number of fused-ring (bicyclic) bond motifs is 1. The summed E-state index contributed by atoms with van der Waals surface area (Å²) in [5, 5.41) is 12.1. The van der Waals surface area contributed by atoms with Crippen LogP contribution in [0.5, 0.6) is 0 Å². The van der Waals surface area contributed by atoms with E-state index in [2.05, 4.69) is 15.7 Å². The molecule has 0 saturated heterocycles. The minimum Gasteiger partial charge on any atom is -0.321 e. The molecule has 6 nitrogen and oxygen atoms in total. The summed E-state index contributed by atoms with van der Waals surface area (Å²) < 4.78 is 0. The van der Waals surface area contributed by atoms with Crippen LogP contribution in [0, 0.1) is 11.3 Å². The smallest absolute Gasteiger partial charge is 0.268 e. The van der Waals surface area contributed by atoms with Gasteiger partial charge in [0, 0.05) is 16.8 Å². The van der Waals surface area contributed by atoms with Gasteiger partial charge in [0.25, 0.3) is 5.91 Å². The Morgan fingerprint density at radius 2 is 1.70 bits per heavy atom. The molecule has 0 spiro atoms. The van der Waals surface area contributed by atoms with Crippen LogP contribution in [0.15, 0.2) is 65.2 Å². The van der Waals surface area contributed by atoms with Gasteiger partial charge in [0.15, 0.2) is 0 Å². The van der Waals surface area contributed by atoms with E-state index in [0.29, 0.717) is 22.8 Å². The van der Waals surface area contributed by atoms with Crippen LogP contribution in [0.3, 0.4) is 0 Å². The van der Waals surface area contributed by atoms with Crippen molar-refractivity contribution >= 4 is 23.1 Å². The SMILES string of the molecule is N#C/C(C(=O)Nc1ccccc1)=C1/N=C(NN)c2ccccc21. The van der Waals surface area contributed by atoms with Crippen LogP contribution in [0.4, 0.5) is 5.69 Å². The lowest BCUT2D eigenvalue weighted by Crippen LogP contribution is -2.29. The second-order valence-electron chi connectivity index (χ2n) is 4.81. The average Bonchev–Trinajstić information content (AvgIpc) is 2.95. The van der Waals surface area contributed by atoms with Crippen molar-refractivity contribution in [1.29, 1.82) is 5.26 Å². The van der Waals surface area contributed by atoms with Crippen molar-refractivity contribution in [3.8, 4) is 6.07 Å². The Hall–Kier alpha value is -3.43. The van der Waals surface area contributed by atoms with E-state index in [1.165, 1.54) is 0 Å². The summed E-state index contributed by atoms with van der Waals surface area (Å²) in [6, 6.07) is 18.2. The van der Waals surface area contributed by atoms with Gasteiger partial charge in [-0.05, 0) is 12.1 Å². The number of hydrogen-bond donors (Lipinski definition) is 3. The maximum absolute atomic E-state index is 12.4. The highest BCUT2D eigenvalue weighted by molar-refractivity contribution is 6.17. The van der Waals surface area contributed by atoms with Crippen LogP contribution in [-0.2, 0) is 4.79 Å². The van der Waals surface area contributed by atoms with E-state index in [1.807, 2.05) is 30.3 Å². The number of hydrogen-bond acceptors (Lipinski definition) is 5. The van der Waals surface area contributed by atoms with Gasteiger partial charge >= 0.3 is 0 Å². The maximum Gasteiger partial charge on any atom is 0.268 e. The van der Waals surface area contributed by atoms with E-state index in [-0.39, 0.29) is 5.57 Å². The number of nitrogens with one attached hydrogen (secondary N) is 2. The third-order valence-corrected chi connectivity index (χ3v) is 3.40. The molecule has 1 heterocycles. The van der Waals surface area contributed by atoms with Gasteiger partial charge < -0.3 is 10.7 Å². The first-order chi connectivity index (χ1) is 11.2. The first kappa shape index (κ1) is 14.5. The fourth-order valence-electron chi connectivity index (χ4n) is 2.36. The second-order valence-corrected chi connectivity index (χ2v) is 4.81. The summed E-state index contributed by atoms with van der Waals surface area (Å²) in [4.78, 5) is 16.7. The number of amidine groups is 1. The Balaban J connectivity index is 2.03. The van der Waals surface area contributed by atoms with Gasteiger partial charge in [-0.25, -0.2) is 10.8 Å². The molecule has 1 amide bonds. The number of nitrogens with two attached hydrogens (primary N) is 1. The molecule has 2 aromatic rings. The fourth-order valence-corrected chi connectivity index (χ4v) is 2.36. The summed E-state index contributed by atoms with van der Waals surface area (Å²) in [7, 11) is 0. The van der Waals surface area contributed by atoms with Gasteiger partial charge in [-0.2, -0.15) is 5.26 Å². The molecule has 0 saturated carbocycles. The van der Waals surface area contributed by atoms with Crippen molar-refractivity contribution in [2.75, 3.05) is 5.32 Å². The molecule has 0 radical (unpaired) electrons. The predicted octanol–water partition coefficient (Wildman–Crippen LogP) is 1.78. The topological polar surface area (TPSA) is 103 Å². The lowest BCUT2D eigenvalue weighted by Gasteiger charge is -2.06. The monoisotopic (exact) mass is 303 g/mol. The van der Waals surface area contributed by atoms with E-state index in [0.717, 1.165) is 5.56 Å². The fraction of sp³-hybridized carbons (Fsp3) is 0. The van der Waals surface area contributed by atoms with Crippen molar-refractivity contribution in [3.05, 3.63) is 71.3 Å². The lowest BCUT2D eigenvalue weighted by molar-refractivity contribution is -0.112. The minimum absolute atomic E-state index is 0.0634. The normalized spacial score (nSPS) is 14.3. The molecule has 4 N–H and O–H groups in total. The molecule has 2 aromatic carbocycles. The van der Waals surface area contributed by atoms with Crippen LogP contribution in [0.25, 0.3) is 5.70 Å². The Morgan fingerprint density at radius 3 is 2.35 bits per heavy atom. The maximum atomic E-state index is 12.4. The van der Waals surface area contributed by atoms with Crippen molar-refractivity contribution < 1.29 is 4.79 Å². The molecule has 6 heteroatoms. The quantitative estimate of drug-likeness (QED) is 0.340. The number of nitriles is 1. The van der Waals surface area contributed by atoms with Gasteiger partial charge in [0.1, 0.15) is 17.5 Å². The van der Waals surface area contributed by atoms with Crippen molar-refractivity contribution in [3.63, 3.8) is 0 Å². The standard InChI is InChI=1S/C17H13N5O/c18-10-14(17(23)20-11-6-2-1-3-7-11)15-12-8-4-5-9-13(12)16(21-15)22-19/h1-9H,19H2,(H,20,23)(H,21,22)/b15-14-. The van der Waals surface area contributed by atoms with E-state index < -0.39 is 5.91 Å². The predicted molar refractivity (Wildman–Crippen MR) is 87.9 cm³/mol. The van der Waals surface area contributed by atoms with E-state index in [9.17, 15) is 10.1 Å². The molecule has 0 bridgehead atoms. The van der Waals surface area contributed by atoms with Gasteiger partial charge in [-0.3, -0.25) is 4.79 Å². The van der Waals surface area contributed by atoms with Crippen LogP contribution >= 0.6 is 0 Å². The van der Waals surface area contributed by atoms with E-state index in [4.69, 9.17) is 5.84 Å². The number of nitrogens with zero attached hydrogens (tertiary/aromatic N) is 2. The minimum atomic E-state index is -0.509. The highest BCUT2D eigenvalue weighted by Gasteiger charge is 2.25. The number of carbonyl (C=O) groups excluding carboxylic acids is 1. The van der Waals surface area contributed by atoms with Crippen molar-refractivity contribution in [2.24, 2.45) is 10.8 Å². The largest absolute Gasteiger partial charge is 0.321 e. The summed E-state index contributed by atoms with van der Waals surface area (Å²) in [5.74, 6) is 5.38. The summed E-state index contributed by atoms with van der Waals surface area (Å²) >= 11 is 0. The van der Waals surface area contributed by atoms with E-state index in [1.54, 1.807) is 30.3 Å². The molecule has 0 atom stereocenters. The van der Waals surface area contributed by atoms with Crippen LogP contribution in [0.2, 0.25) is 0 Å². The molecular formula is C17H13N5O. The highest BCUT2D eigenvalue weighted by Crippen LogP contribution is 2.30. The van der Waals surface area contributed by atoms with Crippen LogP contribution in [-0.4, -0.2) is 11.7 Å². The zero-order chi connectivity index (χ0) is 16.2. The summed E-state index contributed by atoms with van der Waals surface area (Å²) in [6.07, 6.45) is 0. The number of anilines is 1. The third-order valence-electron chi connectivity index (χ3n) is 3.40. The highest BCUT2D eigenvalue weighted by atomic mass is 16.1. The Kier molecular flexibility index (Phi) is 3.87. The molecule has 0 unspecified atom stereocenters. The number of hydrazine groups is 1. The molecule has 23 heavy (non-hydrogen) atoms. The number of aliphatic imine (C=N–C) groups is 1. The number of amides is 1. The molecular weight excluding hydrogens is 290 g/mol. The first-order valence-electron chi connectivity index (χ1n) is 6.90. The average molecular weight is 303 g/mol. The number of rotatable bonds is 2. The second kappa shape index (κ2) is 6.13. The van der Waals surface area contributed by atoms with Gasteiger partial charge in [0.2, 0.25) is 0 Å². The summed E-state index contributed by atoms with van der Waals surface area (Å²) in [6.45, 7) is 0. The number of carbonyl (C=O) groups is 1. The molecule has 0 fully saturated rings. The van der Waals surface area contributed by atoms with E-state index >= 15 is 0 Å². The summed E-state index contributed by atoms with van der Waals surface area (Å²) in [5.41, 5.74) is 4.80. The number of benzene rings is 2. The van der Waals surface area contributed by atoms with Crippen molar-refractivity contribution in [1.82, 2.24) is 5.43 Å². The third kappa shape index (κ3) is 2.69. The van der Waals surface area contributed by atoms with Gasteiger partial charge in [0.05, 0.1) is 5.70 Å². The Labute approximate surface area is 132 Å². The molecule has 1 aliphatic heterocycles. The van der Waals surface area contributed by atoms with Crippen LogP contribution < -0.4 is 16.6 Å².